The molecule has 3 rings (SSSR count). The van der Waals surface area contributed by atoms with E-state index in [-0.39, 0.29) is 24.2 Å². The van der Waals surface area contributed by atoms with Gasteiger partial charge in [-0.2, -0.15) is 0 Å². The fourth-order valence-electron chi connectivity index (χ4n) is 2.44. The zero-order chi connectivity index (χ0) is 16.2. The van der Waals surface area contributed by atoms with Crippen molar-refractivity contribution >= 4 is 28.8 Å². The van der Waals surface area contributed by atoms with E-state index < -0.39 is 0 Å². The minimum absolute atomic E-state index is 0.0658. The van der Waals surface area contributed by atoms with E-state index in [0.29, 0.717) is 12.5 Å². The van der Waals surface area contributed by atoms with E-state index in [2.05, 4.69) is 22.5 Å². The number of benzene rings is 1. The van der Waals surface area contributed by atoms with Crippen LogP contribution in [0.3, 0.4) is 0 Å². The van der Waals surface area contributed by atoms with Crippen LogP contribution in [0.5, 0.6) is 0 Å². The molecule has 0 spiro atoms. The van der Waals surface area contributed by atoms with Crippen LogP contribution in [0.4, 0.5) is 5.69 Å². The van der Waals surface area contributed by atoms with Gasteiger partial charge >= 0.3 is 0 Å². The number of aromatic nitrogens is 1. The Morgan fingerprint density at radius 2 is 2.22 bits per heavy atom. The molecule has 6 heteroatoms. The minimum atomic E-state index is -0.106. The molecule has 0 bridgehead atoms. The second-order valence-electron chi connectivity index (χ2n) is 5.83. The highest BCUT2D eigenvalue weighted by molar-refractivity contribution is 7.13. The van der Waals surface area contributed by atoms with Gasteiger partial charge in [-0.15, -0.1) is 11.3 Å². The number of hydrogen-bond acceptors (Lipinski definition) is 4. The first-order valence-corrected chi connectivity index (χ1v) is 8.59. The number of nitrogens with one attached hydrogen (secondary N) is 2. The molecule has 2 aromatic rings. The van der Waals surface area contributed by atoms with Gasteiger partial charge in [-0.3, -0.25) is 9.59 Å². The molecule has 0 unspecified atom stereocenters. The second kappa shape index (κ2) is 6.91. The Morgan fingerprint density at radius 1 is 1.39 bits per heavy atom. The van der Waals surface area contributed by atoms with Crippen molar-refractivity contribution in [3.05, 3.63) is 35.8 Å². The number of hydrogen-bond donors (Lipinski definition) is 2. The van der Waals surface area contributed by atoms with Crippen LogP contribution in [-0.4, -0.2) is 23.3 Å². The topological polar surface area (TPSA) is 71.1 Å². The van der Waals surface area contributed by atoms with Crippen molar-refractivity contribution in [2.24, 2.45) is 11.8 Å². The molecule has 5 nitrogen and oxygen atoms in total. The van der Waals surface area contributed by atoms with Crippen molar-refractivity contribution in [1.82, 2.24) is 10.3 Å². The van der Waals surface area contributed by atoms with Crippen molar-refractivity contribution < 1.29 is 9.59 Å². The van der Waals surface area contributed by atoms with Gasteiger partial charge < -0.3 is 10.6 Å². The number of carbonyl (C=O) groups is 2. The van der Waals surface area contributed by atoms with E-state index in [4.69, 9.17) is 0 Å². The monoisotopic (exact) mass is 329 g/mol. The molecule has 1 fully saturated rings. The summed E-state index contributed by atoms with van der Waals surface area (Å²) in [6, 6.07) is 7.61. The normalized spacial score (nSPS) is 19.2. The lowest BCUT2D eigenvalue weighted by Gasteiger charge is -2.07. The molecule has 1 saturated carbocycles. The second-order valence-corrected chi connectivity index (χ2v) is 6.72. The van der Waals surface area contributed by atoms with Crippen LogP contribution in [0.15, 0.2) is 35.8 Å². The van der Waals surface area contributed by atoms with Crippen LogP contribution < -0.4 is 10.6 Å². The molecular weight excluding hydrogens is 310 g/mol. The Kier molecular flexibility index (Phi) is 4.71. The lowest BCUT2D eigenvalue weighted by atomic mass is 10.2. The van der Waals surface area contributed by atoms with Crippen molar-refractivity contribution in [2.45, 2.75) is 19.8 Å². The van der Waals surface area contributed by atoms with Crippen molar-refractivity contribution in [2.75, 3.05) is 11.9 Å². The molecule has 1 aromatic carbocycles. The SMILES string of the molecule is C[C@@H]1C[C@H]1C(=O)NCCC(=O)Nc1cccc(-c2nccs2)c1. The summed E-state index contributed by atoms with van der Waals surface area (Å²) in [5.74, 6) is 0.590. The van der Waals surface area contributed by atoms with E-state index in [0.717, 1.165) is 22.7 Å². The van der Waals surface area contributed by atoms with Gasteiger partial charge in [0.1, 0.15) is 5.01 Å². The van der Waals surface area contributed by atoms with Gasteiger partial charge in [-0.25, -0.2) is 4.98 Å². The lowest BCUT2D eigenvalue weighted by molar-refractivity contribution is -0.122. The maximum Gasteiger partial charge on any atom is 0.226 e. The van der Waals surface area contributed by atoms with Crippen LogP contribution in [0.25, 0.3) is 10.6 Å². The average Bonchev–Trinajstić information content (AvgIpc) is 3.03. The predicted octanol–water partition coefficient (Wildman–Crippen LogP) is 2.91. The Balaban J connectivity index is 1.48. The third-order valence-electron chi connectivity index (χ3n) is 3.92. The molecule has 2 amide bonds. The first-order chi connectivity index (χ1) is 11.1. The molecule has 2 atom stereocenters. The Morgan fingerprint density at radius 3 is 2.91 bits per heavy atom. The van der Waals surface area contributed by atoms with Gasteiger partial charge in [0.2, 0.25) is 11.8 Å². The number of nitrogens with zero attached hydrogens (tertiary/aromatic N) is 1. The molecule has 0 radical (unpaired) electrons. The summed E-state index contributed by atoms with van der Waals surface area (Å²) in [7, 11) is 0. The molecular formula is C17H19N3O2S. The zero-order valence-electron chi connectivity index (χ0n) is 12.9. The fraction of sp³-hybridized carbons (Fsp3) is 0.353. The van der Waals surface area contributed by atoms with Crippen molar-refractivity contribution in [3.8, 4) is 10.6 Å². The summed E-state index contributed by atoms with van der Waals surface area (Å²) >= 11 is 1.56. The van der Waals surface area contributed by atoms with Crippen LogP contribution in [0.2, 0.25) is 0 Å². The van der Waals surface area contributed by atoms with Gasteiger partial charge in [-0.05, 0) is 24.5 Å². The van der Waals surface area contributed by atoms with Crippen molar-refractivity contribution in [3.63, 3.8) is 0 Å². The standard InChI is InChI=1S/C17H19N3O2S/c1-11-9-14(11)16(22)18-6-5-15(21)20-13-4-2-3-12(10-13)17-19-7-8-23-17/h2-4,7-8,10-11,14H,5-6,9H2,1H3,(H,18,22)(H,20,21)/t11-,14-/m1/s1. The summed E-state index contributed by atoms with van der Waals surface area (Å²) in [6.07, 6.45) is 2.99. The predicted molar refractivity (Wildman–Crippen MR) is 91.1 cm³/mol. The molecule has 1 aliphatic rings. The molecule has 23 heavy (non-hydrogen) atoms. The van der Waals surface area contributed by atoms with Crippen LogP contribution in [0.1, 0.15) is 19.8 Å². The Labute approximate surface area is 139 Å². The average molecular weight is 329 g/mol. The maximum absolute atomic E-state index is 12.0. The van der Waals surface area contributed by atoms with Crippen LogP contribution in [-0.2, 0) is 9.59 Å². The van der Waals surface area contributed by atoms with Crippen molar-refractivity contribution in [1.29, 1.82) is 0 Å². The molecule has 1 heterocycles. The molecule has 0 aliphatic heterocycles. The number of carbonyl (C=O) groups excluding carboxylic acids is 2. The highest BCUT2D eigenvalue weighted by Gasteiger charge is 2.38. The van der Waals surface area contributed by atoms with Crippen LogP contribution >= 0.6 is 11.3 Å². The quantitative estimate of drug-likeness (QED) is 0.856. The lowest BCUT2D eigenvalue weighted by Crippen LogP contribution is -2.29. The summed E-state index contributed by atoms with van der Waals surface area (Å²) in [5, 5.41) is 8.52. The van der Waals surface area contributed by atoms with Crippen LogP contribution in [0, 0.1) is 11.8 Å². The van der Waals surface area contributed by atoms with E-state index in [9.17, 15) is 9.59 Å². The fourth-order valence-corrected chi connectivity index (χ4v) is 3.07. The summed E-state index contributed by atoms with van der Waals surface area (Å²) < 4.78 is 0. The first-order valence-electron chi connectivity index (χ1n) is 7.71. The number of amides is 2. The van der Waals surface area contributed by atoms with E-state index in [1.165, 1.54) is 0 Å². The minimum Gasteiger partial charge on any atom is -0.355 e. The third-order valence-corrected chi connectivity index (χ3v) is 4.75. The summed E-state index contributed by atoms with van der Waals surface area (Å²) in [5.41, 5.74) is 1.72. The smallest absolute Gasteiger partial charge is 0.226 e. The highest BCUT2D eigenvalue weighted by Crippen LogP contribution is 2.37. The van der Waals surface area contributed by atoms with E-state index in [1.54, 1.807) is 17.5 Å². The van der Waals surface area contributed by atoms with Gasteiger partial charge in [0.05, 0.1) is 0 Å². The van der Waals surface area contributed by atoms with Gasteiger partial charge in [-0.1, -0.05) is 19.1 Å². The Bertz CT molecular complexity index is 700. The molecule has 1 aliphatic carbocycles. The molecule has 0 saturated heterocycles. The van der Waals surface area contributed by atoms with E-state index in [1.807, 2.05) is 29.6 Å². The zero-order valence-corrected chi connectivity index (χ0v) is 13.7. The number of anilines is 1. The highest BCUT2D eigenvalue weighted by atomic mass is 32.1. The molecule has 120 valence electrons. The van der Waals surface area contributed by atoms with Gasteiger partial charge in [0.25, 0.3) is 0 Å². The first kappa shape index (κ1) is 15.7. The summed E-state index contributed by atoms with van der Waals surface area (Å²) in [4.78, 5) is 27.9. The largest absolute Gasteiger partial charge is 0.355 e. The maximum atomic E-state index is 12.0. The number of thiazole rings is 1. The van der Waals surface area contributed by atoms with Gasteiger partial charge in [0.15, 0.2) is 0 Å². The molecule has 2 N–H and O–H groups in total. The number of rotatable bonds is 6. The van der Waals surface area contributed by atoms with Gasteiger partial charge in [0, 0.05) is 41.7 Å². The third kappa shape index (κ3) is 4.16. The Hall–Kier alpha value is -2.21. The molecule has 1 aromatic heterocycles. The summed E-state index contributed by atoms with van der Waals surface area (Å²) in [6.45, 7) is 2.44. The van der Waals surface area contributed by atoms with E-state index >= 15 is 0 Å².